The maximum absolute atomic E-state index is 12.8. The monoisotopic (exact) mass is 976 g/mol. The summed E-state index contributed by atoms with van der Waals surface area (Å²) in [6.45, 7) is 1.95. The van der Waals surface area contributed by atoms with Gasteiger partial charge in [-0.2, -0.15) is 10.2 Å². The molecule has 16 heteroatoms. The fraction of sp³-hybridized carbons (Fsp3) is 0.0690. The van der Waals surface area contributed by atoms with Crippen molar-refractivity contribution in [3.05, 3.63) is 229 Å². The molecule has 0 aliphatic rings. The summed E-state index contributed by atoms with van der Waals surface area (Å²) in [5, 5.41) is 61.7. The molecule has 0 unspecified atom stereocenters. The molecule has 0 spiro atoms. The lowest BCUT2D eigenvalue weighted by atomic mass is 9.97. The summed E-state index contributed by atoms with van der Waals surface area (Å²) >= 11 is 0. The van der Waals surface area contributed by atoms with Crippen LogP contribution in [0.15, 0.2) is 215 Å². The van der Waals surface area contributed by atoms with Crippen LogP contribution in [0.2, 0.25) is 0 Å². The van der Waals surface area contributed by atoms with Gasteiger partial charge in [0.1, 0.15) is 22.5 Å². The minimum atomic E-state index is -1.32. The molecule has 0 aliphatic heterocycles. The highest BCUT2D eigenvalue weighted by Crippen LogP contribution is 2.41. The van der Waals surface area contributed by atoms with Crippen LogP contribution in [-0.2, 0) is 26.2 Å². The number of azo groups is 2. The number of carboxylic acids is 2. The molecule has 74 heavy (non-hydrogen) atoms. The first kappa shape index (κ1) is 47.5. The highest BCUT2D eigenvalue weighted by atomic mass is 16.4. The van der Waals surface area contributed by atoms with E-state index < -0.39 is 23.4 Å². The fourth-order valence-electron chi connectivity index (χ4n) is 8.53. The van der Waals surface area contributed by atoms with Crippen LogP contribution in [0, 0.1) is 0 Å². The third-order valence-corrected chi connectivity index (χ3v) is 12.3. The number of benzene rings is 6. The first-order chi connectivity index (χ1) is 36.1. The van der Waals surface area contributed by atoms with E-state index in [1.165, 1.54) is 6.07 Å². The van der Waals surface area contributed by atoms with E-state index in [9.17, 15) is 30.0 Å². The molecule has 16 nitrogen and oxygen atoms in total. The molecule has 0 fully saturated rings. The lowest BCUT2D eigenvalue weighted by Crippen LogP contribution is -2.23. The number of phenols is 2. The van der Waals surface area contributed by atoms with Crippen molar-refractivity contribution in [3.8, 4) is 22.6 Å². The van der Waals surface area contributed by atoms with Gasteiger partial charge in [-0.15, -0.1) is 10.2 Å². The Kier molecular flexibility index (Phi) is 13.7. The molecule has 362 valence electrons. The quantitative estimate of drug-likeness (QED) is 0.0626. The molecular weight excluding hydrogens is 933 g/mol. The first-order valence-corrected chi connectivity index (χ1v) is 23.3. The van der Waals surface area contributed by atoms with Gasteiger partial charge in [0.15, 0.2) is 11.5 Å². The molecule has 4 N–H and O–H groups in total. The minimum absolute atomic E-state index is 0.0104. The standard InChI is InChI=1S/C58H44N10O6/c69-55-51(57(71)72)30-38-9-1-2-13-49(38)54(55)66-64-42-20-24-48(25-21-42)68(35-45-12-5-8-28-61-45)36-46-17-16-40(32-62-46)37-14-15-39-31-52(56(70)53(58(73)74)50(39)29-37)65-63-41-18-22-47(23-19-41)67(33-43-10-3-6-26-59-43)34-44-11-4-7-27-60-44/h1-32,69-70H,33-36H2,(H,71,72)(H,73,74)/b65-63+,66-64+. The van der Waals surface area contributed by atoms with Crippen LogP contribution in [0.25, 0.3) is 32.7 Å². The Hall–Kier alpha value is -10.2. The number of fused-ring (bicyclic) bond motifs is 2. The number of hydrogen-bond acceptors (Lipinski definition) is 14. The molecule has 0 amide bonds. The van der Waals surface area contributed by atoms with E-state index in [1.807, 2.05) is 97.1 Å². The predicted molar refractivity (Wildman–Crippen MR) is 282 cm³/mol. The second kappa shape index (κ2) is 21.4. The van der Waals surface area contributed by atoms with Gasteiger partial charge in [-0.25, -0.2) is 9.59 Å². The van der Waals surface area contributed by atoms with Crippen LogP contribution in [0.1, 0.15) is 43.5 Å². The largest absolute Gasteiger partial charge is 0.505 e. The number of pyridine rings is 4. The Labute approximate surface area is 423 Å². The average molecular weight is 977 g/mol. The van der Waals surface area contributed by atoms with Crippen LogP contribution in [0.5, 0.6) is 11.5 Å². The molecule has 0 atom stereocenters. The van der Waals surface area contributed by atoms with Crippen molar-refractivity contribution < 1.29 is 30.0 Å². The average Bonchev–Trinajstić information content (AvgIpc) is 3.43. The zero-order valence-corrected chi connectivity index (χ0v) is 39.4. The summed E-state index contributed by atoms with van der Waals surface area (Å²) < 4.78 is 0. The number of aromatic nitrogens is 4. The number of carbonyl (C=O) groups is 2. The van der Waals surface area contributed by atoms with Crippen LogP contribution in [0.4, 0.5) is 34.1 Å². The third kappa shape index (κ3) is 10.7. The van der Waals surface area contributed by atoms with E-state index in [0.29, 0.717) is 64.7 Å². The van der Waals surface area contributed by atoms with Gasteiger partial charge in [-0.05, 0) is 126 Å². The second-order valence-corrected chi connectivity index (χ2v) is 17.2. The van der Waals surface area contributed by atoms with Crippen molar-refractivity contribution in [1.29, 1.82) is 0 Å². The molecule has 4 aromatic heterocycles. The van der Waals surface area contributed by atoms with Crippen LogP contribution < -0.4 is 9.80 Å². The molecule has 0 saturated carbocycles. The number of rotatable bonds is 17. The summed E-state index contributed by atoms with van der Waals surface area (Å²) in [7, 11) is 0. The van der Waals surface area contributed by atoms with Gasteiger partial charge in [0, 0.05) is 52.5 Å². The molecule has 10 rings (SSSR count). The molecule has 4 heterocycles. The normalized spacial score (nSPS) is 11.4. The van der Waals surface area contributed by atoms with Gasteiger partial charge in [-0.3, -0.25) is 19.9 Å². The zero-order valence-electron chi connectivity index (χ0n) is 39.4. The lowest BCUT2D eigenvalue weighted by Gasteiger charge is -2.24. The van der Waals surface area contributed by atoms with E-state index in [4.69, 9.17) is 4.98 Å². The Bertz CT molecular complexity index is 3660. The smallest absolute Gasteiger partial charge is 0.340 e. The summed E-state index contributed by atoms with van der Waals surface area (Å²) in [5.41, 5.74) is 7.05. The summed E-state index contributed by atoms with van der Waals surface area (Å²) in [5.74, 6) is -3.56. The molecule has 0 aliphatic carbocycles. The highest BCUT2D eigenvalue weighted by Gasteiger charge is 2.21. The van der Waals surface area contributed by atoms with Gasteiger partial charge in [0.25, 0.3) is 0 Å². The number of nitrogens with zero attached hydrogens (tertiary/aromatic N) is 10. The fourth-order valence-corrected chi connectivity index (χ4v) is 8.53. The first-order valence-electron chi connectivity index (χ1n) is 23.3. The Morgan fingerprint density at radius 2 is 0.959 bits per heavy atom. The molecule has 10 aromatic rings. The highest BCUT2D eigenvalue weighted by molar-refractivity contribution is 6.09. The van der Waals surface area contributed by atoms with Gasteiger partial charge in [0.2, 0.25) is 0 Å². The molecule has 0 radical (unpaired) electrons. The minimum Gasteiger partial charge on any atom is -0.505 e. The summed E-state index contributed by atoms with van der Waals surface area (Å²) in [6, 6.07) is 51.3. The van der Waals surface area contributed by atoms with E-state index in [-0.39, 0.29) is 22.5 Å². The van der Waals surface area contributed by atoms with Crippen molar-refractivity contribution in [3.63, 3.8) is 0 Å². The van der Waals surface area contributed by atoms with Gasteiger partial charge in [-0.1, -0.05) is 60.7 Å². The van der Waals surface area contributed by atoms with Gasteiger partial charge < -0.3 is 30.2 Å². The predicted octanol–water partition coefficient (Wildman–Crippen LogP) is 13.3. The van der Waals surface area contributed by atoms with Crippen molar-refractivity contribution in [2.45, 2.75) is 26.2 Å². The van der Waals surface area contributed by atoms with Crippen LogP contribution in [0.3, 0.4) is 0 Å². The number of aromatic hydroxyl groups is 2. The third-order valence-electron chi connectivity index (χ3n) is 12.3. The molecule has 0 bridgehead atoms. The molecule has 0 saturated heterocycles. The Morgan fingerprint density at radius 3 is 1.47 bits per heavy atom. The molecule has 6 aromatic carbocycles. The van der Waals surface area contributed by atoms with Gasteiger partial charge >= 0.3 is 11.9 Å². The van der Waals surface area contributed by atoms with Crippen LogP contribution >= 0.6 is 0 Å². The van der Waals surface area contributed by atoms with E-state index in [0.717, 1.165) is 39.7 Å². The Morgan fingerprint density at radius 1 is 0.446 bits per heavy atom. The summed E-state index contributed by atoms with van der Waals surface area (Å²) in [4.78, 5) is 47.3. The van der Waals surface area contributed by atoms with E-state index >= 15 is 0 Å². The number of aromatic carboxylic acids is 2. The number of hydrogen-bond donors (Lipinski definition) is 4. The number of anilines is 2. The second-order valence-electron chi connectivity index (χ2n) is 17.2. The van der Waals surface area contributed by atoms with Crippen molar-refractivity contribution >= 4 is 67.6 Å². The zero-order chi connectivity index (χ0) is 51.0. The number of carboxylic acid groups (broad SMARTS) is 2. The van der Waals surface area contributed by atoms with E-state index in [2.05, 4.69) is 45.2 Å². The summed E-state index contributed by atoms with van der Waals surface area (Å²) in [6.07, 6.45) is 6.99. The van der Waals surface area contributed by atoms with Gasteiger partial charge in [0.05, 0.1) is 60.3 Å². The maximum Gasteiger partial charge on any atom is 0.340 e. The maximum atomic E-state index is 12.8. The van der Waals surface area contributed by atoms with E-state index in [1.54, 1.807) is 91.5 Å². The van der Waals surface area contributed by atoms with Crippen molar-refractivity contribution in [2.75, 3.05) is 9.80 Å². The Balaban J connectivity index is 0.864. The topological polar surface area (TPSA) is 223 Å². The van der Waals surface area contributed by atoms with Crippen molar-refractivity contribution in [2.24, 2.45) is 20.5 Å². The molecular formula is C58H44N10O6. The van der Waals surface area contributed by atoms with Crippen LogP contribution in [-0.4, -0.2) is 52.3 Å². The lowest BCUT2D eigenvalue weighted by molar-refractivity contribution is 0.0683. The SMILES string of the molecule is O=C(O)c1cc2ccccc2c(/N=N/c2ccc(N(Cc3ccccn3)Cc3ccc(-c4ccc5cc(/N=N/c6ccc(N(Cc7ccccn7)Cc7ccccn7)cc6)c(O)c(C(=O)O)c5c4)cn3)cc2)c1O. The van der Waals surface area contributed by atoms with Crippen molar-refractivity contribution in [1.82, 2.24) is 19.9 Å².